The first-order valence-corrected chi connectivity index (χ1v) is 5.36. The number of benzene rings is 1. The maximum absolute atomic E-state index is 5.53. The van der Waals surface area contributed by atoms with Gasteiger partial charge < -0.3 is 5.73 Å². The highest BCUT2D eigenvalue weighted by molar-refractivity contribution is 5.81. The van der Waals surface area contributed by atoms with E-state index in [1.165, 1.54) is 10.9 Å². The zero-order chi connectivity index (χ0) is 10.7. The van der Waals surface area contributed by atoms with Crippen molar-refractivity contribution in [2.75, 3.05) is 6.54 Å². The molecule has 15 heavy (non-hydrogen) atoms. The molecule has 0 aliphatic carbocycles. The van der Waals surface area contributed by atoms with E-state index in [-0.39, 0.29) is 0 Å². The quantitative estimate of drug-likeness (QED) is 0.826. The van der Waals surface area contributed by atoms with Crippen LogP contribution in [0.4, 0.5) is 0 Å². The second kappa shape index (κ2) is 4.41. The third-order valence-electron chi connectivity index (χ3n) is 2.59. The van der Waals surface area contributed by atoms with Gasteiger partial charge in [0.2, 0.25) is 0 Å². The van der Waals surface area contributed by atoms with Gasteiger partial charge in [0.25, 0.3) is 0 Å². The summed E-state index contributed by atoms with van der Waals surface area (Å²) in [6, 6.07) is 10.5. The van der Waals surface area contributed by atoms with E-state index in [2.05, 4.69) is 35.3 Å². The molecule has 0 fully saturated rings. The van der Waals surface area contributed by atoms with E-state index < -0.39 is 0 Å². The predicted octanol–water partition coefficient (Wildman–Crippen LogP) is 2.43. The van der Waals surface area contributed by atoms with Crippen molar-refractivity contribution in [2.24, 2.45) is 5.73 Å². The number of fused-ring (bicyclic) bond motifs is 1. The normalized spacial score (nSPS) is 10.8. The Morgan fingerprint density at radius 3 is 2.87 bits per heavy atom. The first-order chi connectivity index (χ1) is 7.31. The van der Waals surface area contributed by atoms with Crippen LogP contribution < -0.4 is 5.73 Å². The number of aryl methyl sites for hydroxylation is 2. The molecule has 0 atom stereocenters. The predicted molar refractivity (Wildman–Crippen MR) is 63.9 cm³/mol. The number of aromatic nitrogens is 1. The summed E-state index contributed by atoms with van der Waals surface area (Å²) >= 11 is 0. The number of pyridine rings is 1. The number of nitrogens with two attached hydrogens (primary N) is 1. The van der Waals surface area contributed by atoms with Crippen LogP contribution in [-0.4, -0.2) is 11.5 Å². The second-order valence-corrected chi connectivity index (χ2v) is 3.83. The van der Waals surface area contributed by atoms with Crippen LogP contribution in [0.25, 0.3) is 10.9 Å². The average Bonchev–Trinajstić information content (AvgIpc) is 2.26. The standard InChI is InChI=1S/C13H16N2/c1-10-7-8-12-5-2-4-11(6-3-9-14)13(12)15-10/h2,4-5,7-8H,3,6,9,14H2,1H3. The molecule has 1 heterocycles. The molecule has 2 nitrogen and oxygen atoms in total. The molecule has 78 valence electrons. The number of para-hydroxylation sites is 1. The molecule has 0 bridgehead atoms. The fourth-order valence-electron chi connectivity index (χ4n) is 1.80. The van der Waals surface area contributed by atoms with Crippen molar-refractivity contribution in [3.63, 3.8) is 0 Å². The number of hydrogen-bond donors (Lipinski definition) is 1. The van der Waals surface area contributed by atoms with Crippen molar-refractivity contribution in [3.05, 3.63) is 41.6 Å². The zero-order valence-electron chi connectivity index (χ0n) is 9.03. The van der Waals surface area contributed by atoms with Crippen LogP contribution >= 0.6 is 0 Å². The third-order valence-corrected chi connectivity index (χ3v) is 2.59. The molecule has 0 aliphatic rings. The van der Waals surface area contributed by atoms with Crippen LogP contribution in [0.5, 0.6) is 0 Å². The molecule has 0 radical (unpaired) electrons. The van der Waals surface area contributed by atoms with E-state index in [0.717, 1.165) is 30.6 Å². The van der Waals surface area contributed by atoms with Gasteiger partial charge in [0, 0.05) is 11.1 Å². The molecule has 1 aromatic carbocycles. The molecular weight excluding hydrogens is 184 g/mol. The summed E-state index contributed by atoms with van der Waals surface area (Å²) < 4.78 is 0. The van der Waals surface area contributed by atoms with Crippen LogP contribution in [-0.2, 0) is 6.42 Å². The molecule has 0 unspecified atom stereocenters. The molecule has 0 saturated heterocycles. The van der Waals surface area contributed by atoms with Gasteiger partial charge >= 0.3 is 0 Å². The minimum atomic E-state index is 0.738. The SMILES string of the molecule is Cc1ccc2cccc(CCCN)c2n1. The van der Waals surface area contributed by atoms with Gasteiger partial charge in [-0.3, -0.25) is 4.98 Å². The lowest BCUT2D eigenvalue weighted by Crippen LogP contribution is -2.01. The van der Waals surface area contributed by atoms with Crippen molar-refractivity contribution < 1.29 is 0 Å². The van der Waals surface area contributed by atoms with Crippen LogP contribution in [0.2, 0.25) is 0 Å². The lowest BCUT2D eigenvalue weighted by molar-refractivity contribution is 0.835. The highest BCUT2D eigenvalue weighted by atomic mass is 14.7. The van der Waals surface area contributed by atoms with Gasteiger partial charge in [-0.2, -0.15) is 0 Å². The molecule has 0 spiro atoms. The summed E-state index contributed by atoms with van der Waals surface area (Å²) in [5, 5.41) is 1.22. The lowest BCUT2D eigenvalue weighted by Gasteiger charge is -2.05. The summed E-state index contributed by atoms with van der Waals surface area (Å²) in [4.78, 5) is 4.59. The Labute approximate surface area is 90.1 Å². The molecule has 2 rings (SSSR count). The highest BCUT2D eigenvalue weighted by Crippen LogP contribution is 2.18. The number of rotatable bonds is 3. The summed E-state index contributed by atoms with van der Waals surface area (Å²) in [5.41, 5.74) is 9.04. The molecule has 0 amide bonds. The maximum Gasteiger partial charge on any atom is 0.0737 e. The fraction of sp³-hybridized carbons (Fsp3) is 0.308. The fourth-order valence-corrected chi connectivity index (χ4v) is 1.80. The van der Waals surface area contributed by atoms with E-state index in [0.29, 0.717) is 0 Å². The van der Waals surface area contributed by atoms with E-state index >= 15 is 0 Å². The topological polar surface area (TPSA) is 38.9 Å². The molecule has 0 aliphatic heterocycles. The van der Waals surface area contributed by atoms with E-state index in [9.17, 15) is 0 Å². The lowest BCUT2D eigenvalue weighted by atomic mass is 10.1. The van der Waals surface area contributed by atoms with Crippen molar-refractivity contribution in [1.82, 2.24) is 4.98 Å². The third kappa shape index (κ3) is 2.16. The Hall–Kier alpha value is -1.41. The van der Waals surface area contributed by atoms with Crippen molar-refractivity contribution in [3.8, 4) is 0 Å². The van der Waals surface area contributed by atoms with Crippen LogP contribution in [0.15, 0.2) is 30.3 Å². The Balaban J connectivity index is 2.48. The molecule has 2 heteroatoms. The van der Waals surface area contributed by atoms with Gasteiger partial charge in [-0.25, -0.2) is 0 Å². The van der Waals surface area contributed by atoms with Gasteiger partial charge in [0.05, 0.1) is 5.52 Å². The maximum atomic E-state index is 5.53. The summed E-state index contributed by atoms with van der Waals surface area (Å²) in [6.07, 6.45) is 2.04. The monoisotopic (exact) mass is 200 g/mol. The van der Waals surface area contributed by atoms with Crippen LogP contribution in [0.3, 0.4) is 0 Å². The Kier molecular flexibility index (Phi) is 2.97. The van der Waals surface area contributed by atoms with Crippen LogP contribution in [0.1, 0.15) is 17.7 Å². The van der Waals surface area contributed by atoms with E-state index in [1.807, 2.05) is 6.92 Å². The van der Waals surface area contributed by atoms with E-state index in [4.69, 9.17) is 5.73 Å². The second-order valence-electron chi connectivity index (χ2n) is 3.83. The minimum Gasteiger partial charge on any atom is -0.330 e. The first-order valence-electron chi connectivity index (χ1n) is 5.36. The van der Waals surface area contributed by atoms with Gasteiger partial charge in [-0.15, -0.1) is 0 Å². The smallest absolute Gasteiger partial charge is 0.0737 e. The van der Waals surface area contributed by atoms with Gasteiger partial charge in [0.1, 0.15) is 0 Å². The summed E-state index contributed by atoms with van der Waals surface area (Å²) in [5.74, 6) is 0. The molecular formula is C13H16N2. The number of nitrogens with zero attached hydrogens (tertiary/aromatic N) is 1. The van der Waals surface area contributed by atoms with Gasteiger partial charge in [-0.05, 0) is 37.9 Å². The number of hydrogen-bond acceptors (Lipinski definition) is 2. The summed E-state index contributed by atoms with van der Waals surface area (Å²) in [7, 11) is 0. The molecule has 0 saturated carbocycles. The van der Waals surface area contributed by atoms with Crippen LogP contribution in [0, 0.1) is 6.92 Å². The van der Waals surface area contributed by atoms with Crippen molar-refractivity contribution in [2.45, 2.75) is 19.8 Å². The average molecular weight is 200 g/mol. The van der Waals surface area contributed by atoms with Gasteiger partial charge in [0.15, 0.2) is 0 Å². The van der Waals surface area contributed by atoms with E-state index in [1.54, 1.807) is 0 Å². The van der Waals surface area contributed by atoms with Crippen molar-refractivity contribution in [1.29, 1.82) is 0 Å². The zero-order valence-corrected chi connectivity index (χ0v) is 9.03. The van der Waals surface area contributed by atoms with Gasteiger partial charge in [-0.1, -0.05) is 24.3 Å². The highest BCUT2D eigenvalue weighted by Gasteiger charge is 2.01. The molecule has 2 aromatic rings. The minimum absolute atomic E-state index is 0.738. The Morgan fingerprint density at radius 2 is 2.07 bits per heavy atom. The Morgan fingerprint density at radius 1 is 1.20 bits per heavy atom. The first kappa shape index (κ1) is 10.1. The van der Waals surface area contributed by atoms with Crippen molar-refractivity contribution >= 4 is 10.9 Å². The molecule has 2 N–H and O–H groups in total. The largest absolute Gasteiger partial charge is 0.330 e. The molecule has 1 aromatic heterocycles. The Bertz CT molecular complexity index is 463. The summed E-state index contributed by atoms with van der Waals surface area (Å²) in [6.45, 7) is 2.77.